The van der Waals surface area contributed by atoms with Gasteiger partial charge in [0.1, 0.15) is 0 Å². The van der Waals surface area contributed by atoms with E-state index >= 15 is 0 Å². The minimum Gasteiger partial charge on any atom is -0.375 e. The lowest BCUT2D eigenvalue weighted by Crippen LogP contribution is -2.31. The highest BCUT2D eigenvalue weighted by molar-refractivity contribution is 4.95. The Hall–Kier alpha value is -0.960. The maximum absolute atomic E-state index is 5.49. The summed E-state index contributed by atoms with van der Waals surface area (Å²) < 4.78 is 11.0. The first kappa shape index (κ1) is 13.0. The molecule has 2 atom stereocenters. The predicted molar refractivity (Wildman–Crippen MR) is 57.7 cm³/mol. The van der Waals surface area contributed by atoms with Crippen molar-refractivity contribution in [2.45, 2.75) is 38.9 Å². The Balaban J connectivity index is 4.23. The van der Waals surface area contributed by atoms with Crippen LogP contribution in [0.2, 0.25) is 0 Å². The molecule has 0 heterocycles. The van der Waals surface area contributed by atoms with Gasteiger partial charge in [0, 0.05) is 26.1 Å². The van der Waals surface area contributed by atoms with Gasteiger partial charge in [-0.3, -0.25) is 0 Å². The van der Waals surface area contributed by atoms with Gasteiger partial charge < -0.3 is 9.47 Å². The molecule has 0 saturated heterocycles. The predicted octanol–water partition coefficient (Wildman–Crippen LogP) is 1.84. The van der Waals surface area contributed by atoms with E-state index in [4.69, 9.17) is 22.3 Å². The molecular weight excluding hydrogens is 176 g/mol. The highest BCUT2D eigenvalue weighted by Crippen LogP contribution is 2.11. The Morgan fingerprint density at radius 1 is 0.929 bits per heavy atom. The third-order valence-electron chi connectivity index (χ3n) is 1.81. The summed E-state index contributed by atoms with van der Waals surface area (Å²) in [6.45, 7) is 5.12. The van der Waals surface area contributed by atoms with Gasteiger partial charge in [0.2, 0.25) is 0 Å². The zero-order valence-corrected chi connectivity index (χ0v) is 8.95. The Bertz CT molecular complexity index is 185. The average Bonchev–Trinajstić information content (AvgIpc) is 2.17. The first-order valence-electron chi connectivity index (χ1n) is 4.90. The summed E-state index contributed by atoms with van der Waals surface area (Å²) in [5, 5.41) is 0. The Morgan fingerprint density at radius 2 is 1.29 bits per heavy atom. The van der Waals surface area contributed by atoms with Crippen LogP contribution in [0, 0.1) is 24.7 Å². The van der Waals surface area contributed by atoms with E-state index in [2.05, 4.69) is 11.8 Å². The van der Waals surface area contributed by atoms with Gasteiger partial charge in [-0.25, -0.2) is 0 Å². The number of rotatable bonds is 7. The van der Waals surface area contributed by atoms with Crippen LogP contribution >= 0.6 is 0 Å². The molecule has 0 aromatic heterocycles. The third kappa shape index (κ3) is 4.92. The summed E-state index contributed by atoms with van der Waals surface area (Å²) in [7, 11) is 0. The van der Waals surface area contributed by atoms with Gasteiger partial charge in [0.15, 0.2) is 0 Å². The molecule has 0 radical (unpaired) electrons. The third-order valence-corrected chi connectivity index (χ3v) is 1.81. The molecule has 0 spiro atoms. The van der Waals surface area contributed by atoms with Crippen LogP contribution in [-0.2, 0) is 9.47 Å². The second-order valence-corrected chi connectivity index (χ2v) is 2.80. The number of ether oxygens (including phenoxy) is 2. The highest BCUT2D eigenvalue weighted by atomic mass is 16.5. The fourth-order valence-electron chi connectivity index (χ4n) is 1.26. The quantitative estimate of drug-likeness (QED) is 0.576. The molecule has 0 fully saturated rings. The fraction of sp³-hybridized carbons (Fsp3) is 0.667. The summed E-state index contributed by atoms with van der Waals surface area (Å²) in [6.07, 6.45) is 11.4. The van der Waals surface area contributed by atoms with E-state index in [-0.39, 0.29) is 12.2 Å². The smallest absolute Gasteiger partial charge is 0.0954 e. The van der Waals surface area contributed by atoms with E-state index in [1.54, 1.807) is 0 Å². The van der Waals surface area contributed by atoms with Gasteiger partial charge in [0.05, 0.1) is 12.2 Å². The van der Waals surface area contributed by atoms with Crippen molar-refractivity contribution < 1.29 is 9.47 Å². The minimum atomic E-state index is -0.0824. The SMILES string of the molecule is C#CCC(OCC)C(CC#C)OCC. The second-order valence-electron chi connectivity index (χ2n) is 2.80. The Morgan fingerprint density at radius 3 is 1.50 bits per heavy atom. The topological polar surface area (TPSA) is 18.5 Å². The van der Waals surface area contributed by atoms with Gasteiger partial charge in [-0.15, -0.1) is 24.7 Å². The first-order valence-corrected chi connectivity index (χ1v) is 4.90. The normalized spacial score (nSPS) is 14.0. The van der Waals surface area contributed by atoms with Crippen LogP contribution in [0.3, 0.4) is 0 Å². The lowest BCUT2D eigenvalue weighted by molar-refractivity contribution is -0.0616. The van der Waals surface area contributed by atoms with E-state index in [1.807, 2.05) is 13.8 Å². The number of hydrogen-bond acceptors (Lipinski definition) is 2. The van der Waals surface area contributed by atoms with E-state index in [9.17, 15) is 0 Å². The molecular formula is C12H18O2. The molecule has 0 bridgehead atoms. The van der Waals surface area contributed by atoms with Crippen LogP contribution < -0.4 is 0 Å². The molecule has 2 nitrogen and oxygen atoms in total. The van der Waals surface area contributed by atoms with Crippen LogP contribution in [0.5, 0.6) is 0 Å². The zero-order chi connectivity index (χ0) is 10.8. The Kier molecular flexibility index (Phi) is 8.04. The molecule has 78 valence electrons. The van der Waals surface area contributed by atoms with Crippen LogP contribution in [0.15, 0.2) is 0 Å². The van der Waals surface area contributed by atoms with Crippen LogP contribution in [0.25, 0.3) is 0 Å². The molecule has 0 aromatic carbocycles. The molecule has 0 aromatic rings. The lowest BCUT2D eigenvalue weighted by atomic mass is 10.1. The fourth-order valence-corrected chi connectivity index (χ4v) is 1.26. The van der Waals surface area contributed by atoms with Gasteiger partial charge in [0.25, 0.3) is 0 Å². The largest absolute Gasteiger partial charge is 0.375 e. The van der Waals surface area contributed by atoms with E-state index in [0.29, 0.717) is 26.1 Å². The standard InChI is InChI=1S/C12H18O2/c1-5-9-11(13-7-3)12(10-6-2)14-8-4/h1-2,11-12H,7-10H2,3-4H3. The molecule has 0 amide bonds. The zero-order valence-electron chi connectivity index (χ0n) is 8.95. The molecule has 0 N–H and O–H groups in total. The maximum Gasteiger partial charge on any atom is 0.0954 e. The molecule has 0 aliphatic heterocycles. The van der Waals surface area contributed by atoms with Crippen LogP contribution in [0.1, 0.15) is 26.7 Å². The Labute approximate surface area is 87.0 Å². The van der Waals surface area contributed by atoms with Gasteiger partial charge >= 0.3 is 0 Å². The monoisotopic (exact) mass is 194 g/mol. The van der Waals surface area contributed by atoms with Crippen LogP contribution in [0.4, 0.5) is 0 Å². The van der Waals surface area contributed by atoms with E-state index in [0.717, 1.165) is 0 Å². The molecule has 0 aliphatic carbocycles. The summed E-state index contributed by atoms with van der Waals surface area (Å²) in [5.41, 5.74) is 0. The summed E-state index contributed by atoms with van der Waals surface area (Å²) >= 11 is 0. The van der Waals surface area contributed by atoms with Crippen molar-refractivity contribution >= 4 is 0 Å². The molecule has 14 heavy (non-hydrogen) atoms. The van der Waals surface area contributed by atoms with Crippen molar-refractivity contribution in [3.05, 3.63) is 0 Å². The van der Waals surface area contributed by atoms with Crippen molar-refractivity contribution in [1.82, 2.24) is 0 Å². The lowest BCUT2D eigenvalue weighted by Gasteiger charge is -2.23. The van der Waals surface area contributed by atoms with Gasteiger partial charge in [-0.1, -0.05) is 0 Å². The van der Waals surface area contributed by atoms with Crippen molar-refractivity contribution in [1.29, 1.82) is 0 Å². The molecule has 0 saturated carbocycles. The number of terminal acetylenes is 2. The van der Waals surface area contributed by atoms with Gasteiger partial charge in [-0.2, -0.15) is 0 Å². The average molecular weight is 194 g/mol. The van der Waals surface area contributed by atoms with Crippen molar-refractivity contribution in [2.24, 2.45) is 0 Å². The maximum atomic E-state index is 5.49. The highest BCUT2D eigenvalue weighted by Gasteiger charge is 2.20. The van der Waals surface area contributed by atoms with E-state index in [1.165, 1.54) is 0 Å². The summed E-state index contributed by atoms with van der Waals surface area (Å²) in [5.74, 6) is 5.15. The molecule has 2 unspecified atom stereocenters. The van der Waals surface area contributed by atoms with E-state index < -0.39 is 0 Å². The summed E-state index contributed by atoms with van der Waals surface area (Å²) in [4.78, 5) is 0. The van der Waals surface area contributed by atoms with Crippen molar-refractivity contribution in [3.8, 4) is 24.7 Å². The van der Waals surface area contributed by atoms with Crippen molar-refractivity contribution in [3.63, 3.8) is 0 Å². The molecule has 2 heteroatoms. The van der Waals surface area contributed by atoms with Crippen molar-refractivity contribution in [2.75, 3.05) is 13.2 Å². The molecule has 0 rings (SSSR count). The van der Waals surface area contributed by atoms with Crippen LogP contribution in [-0.4, -0.2) is 25.4 Å². The number of hydrogen-bond donors (Lipinski definition) is 0. The second kappa shape index (κ2) is 8.63. The summed E-state index contributed by atoms with van der Waals surface area (Å²) in [6, 6.07) is 0. The van der Waals surface area contributed by atoms with Gasteiger partial charge in [-0.05, 0) is 13.8 Å². The minimum absolute atomic E-state index is 0.0824. The molecule has 0 aliphatic rings. The first-order chi connectivity index (χ1) is 6.79.